The maximum absolute atomic E-state index is 12.6. The van der Waals surface area contributed by atoms with Gasteiger partial charge in [-0.3, -0.25) is 9.48 Å². The molecule has 2 atom stereocenters. The molecule has 7 heteroatoms. The van der Waals surface area contributed by atoms with Crippen LogP contribution in [0, 0.1) is 0 Å². The predicted molar refractivity (Wildman–Crippen MR) is 89.7 cm³/mol. The third-order valence-electron chi connectivity index (χ3n) is 4.53. The minimum atomic E-state index is -0.0763. The Bertz CT molecular complexity index is 718. The zero-order valence-corrected chi connectivity index (χ0v) is 14.7. The third-order valence-corrected chi connectivity index (χ3v) is 4.53. The zero-order chi connectivity index (χ0) is 17.3. The van der Waals surface area contributed by atoms with E-state index in [9.17, 15) is 4.79 Å². The van der Waals surface area contributed by atoms with E-state index in [1.54, 1.807) is 11.0 Å². The maximum Gasteiger partial charge on any atom is 0.269 e. The molecule has 0 spiro atoms. The average molecular weight is 331 g/mol. The second-order valence-electron chi connectivity index (χ2n) is 6.72. The van der Waals surface area contributed by atoms with Crippen molar-refractivity contribution in [2.45, 2.75) is 44.8 Å². The Balaban J connectivity index is 1.67. The minimum absolute atomic E-state index is 0.0330. The molecule has 0 aromatic carbocycles. The van der Waals surface area contributed by atoms with Gasteiger partial charge in [0.15, 0.2) is 0 Å². The lowest BCUT2D eigenvalue weighted by atomic mass is 10.0. The molecule has 24 heavy (non-hydrogen) atoms. The summed E-state index contributed by atoms with van der Waals surface area (Å²) in [4.78, 5) is 16.7. The van der Waals surface area contributed by atoms with Crippen molar-refractivity contribution < 1.29 is 9.53 Å². The van der Waals surface area contributed by atoms with Crippen molar-refractivity contribution in [3.05, 3.63) is 35.7 Å². The summed E-state index contributed by atoms with van der Waals surface area (Å²) in [6, 6.07) is 1.96. The molecule has 3 heterocycles. The monoisotopic (exact) mass is 331 g/mol. The van der Waals surface area contributed by atoms with Crippen molar-refractivity contribution in [2.24, 2.45) is 14.1 Å². The van der Waals surface area contributed by atoms with Crippen molar-refractivity contribution in [1.29, 1.82) is 0 Å². The molecule has 1 aliphatic heterocycles. The molecule has 0 saturated carbocycles. The van der Waals surface area contributed by atoms with E-state index >= 15 is 0 Å². The lowest BCUT2D eigenvalue weighted by molar-refractivity contribution is -0.00307. The van der Waals surface area contributed by atoms with Crippen LogP contribution in [0.4, 0.5) is 0 Å². The quantitative estimate of drug-likeness (QED) is 0.929. The van der Waals surface area contributed by atoms with Gasteiger partial charge in [-0.15, -0.1) is 0 Å². The van der Waals surface area contributed by atoms with E-state index < -0.39 is 0 Å². The summed E-state index contributed by atoms with van der Waals surface area (Å²) in [5.41, 5.74) is 2.57. The summed E-state index contributed by atoms with van der Waals surface area (Å²) >= 11 is 0. The lowest BCUT2D eigenvalue weighted by Gasteiger charge is -2.30. The fraction of sp³-hybridized carbons (Fsp3) is 0.588. The first-order valence-electron chi connectivity index (χ1n) is 8.38. The summed E-state index contributed by atoms with van der Waals surface area (Å²) < 4.78 is 9.47. The van der Waals surface area contributed by atoms with Gasteiger partial charge in [-0.25, -0.2) is 4.98 Å². The Morgan fingerprint density at radius 2 is 2.21 bits per heavy atom. The summed E-state index contributed by atoms with van der Waals surface area (Å²) in [6.45, 7) is 4.77. The molecule has 1 aliphatic rings. The van der Waals surface area contributed by atoms with E-state index in [4.69, 9.17) is 4.74 Å². The van der Waals surface area contributed by atoms with E-state index in [1.165, 1.54) is 0 Å². The highest BCUT2D eigenvalue weighted by atomic mass is 16.5. The molecular formula is C17H25N5O2. The van der Waals surface area contributed by atoms with Gasteiger partial charge in [-0.2, -0.15) is 5.10 Å². The average Bonchev–Trinajstić information content (AvgIpc) is 3.13. The topological polar surface area (TPSA) is 74.0 Å². The van der Waals surface area contributed by atoms with Crippen LogP contribution in [0.2, 0.25) is 0 Å². The SMILES string of the molecule is CC(C)c1cc(C(=O)N[C@@H]2CCO[C@@H](c3cncn3C)C2)n(C)n1. The summed E-state index contributed by atoms with van der Waals surface area (Å²) in [5, 5.41) is 7.54. The van der Waals surface area contributed by atoms with E-state index in [1.807, 2.05) is 30.9 Å². The third kappa shape index (κ3) is 3.36. The standard InChI is InChI=1S/C17H25N5O2/c1-11(2)13-8-14(22(4)20-13)17(23)19-12-5-6-24-16(7-12)15-9-18-10-21(15)3/h8-12,16H,5-7H2,1-4H3,(H,19,23)/t12-,16-/m1/s1. The van der Waals surface area contributed by atoms with Crippen LogP contribution in [0.3, 0.4) is 0 Å². The molecule has 2 aromatic rings. The minimum Gasteiger partial charge on any atom is -0.372 e. The molecule has 1 amide bonds. The van der Waals surface area contributed by atoms with E-state index in [0.717, 1.165) is 24.2 Å². The smallest absolute Gasteiger partial charge is 0.269 e. The Kier molecular flexibility index (Phi) is 4.71. The normalized spacial score (nSPS) is 21.2. The summed E-state index contributed by atoms with van der Waals surface area (Å²) in [6.07, 6.45) is 5.12. The molecule has 0 bridgehead atoms. The van der Waals surface area contributed by atoms with Crippen molar-refractivity contribution in [3.63, 3.8) is 0 Å². The molecule has 0 unspecified atom stereocenters. The Morgan fingerprint density at radius 1 is 1.42 bits per heavy atom. The molecule has 0 aliphatic carbocycles. The van der Waals surface area contributed by atoms with Gasteiger partial charge >= 0.3 is 0 Å². The molecule has 2 aromatic heterocycles. The number of imidazole rings is 1. The maximum atomic E-state index is 12.6. The number of aromatic nitrogens is 4. The van der Waals surface area contributed by atoms with E-state index in [2.05, 4.69) is 29.2 Å². The van der Waals surface area contributed by atoms with Gasteiger partial charge in [0.05, 0.1) is 23.9 Å². The van der Waals surface area contributed by atoms with Gasteiger partial charge in [0.25, 0.3) is 5.91 Å². The first kappa shape index (κ1) is 16.7. The molecule has 1 saturated heterocycles. The second-order valence-corrected chi connectivity index (χ2v) is 6.72. The van der Waals surface area contributed by atoms with Crippen molar-refractivity contribution >= 4 is 5.91 Å². The highest BCUT2D eigenvalue weighted by Gasteiger charge is 2.28. The number of ether oxygens (including phenoxy) is 1. The number of hydrogen-bond acceptors (Lipinski definition) is 4. The largest absolute Gasteiger partial charge is 0.372 e. The first-order valence-corrected chi connectivity index (χ1v) is 8.38. The molecule has 7 nitrogen and oxygen atoms in total. The van der Waals surface area contributed by atoms with E-state index in [0.29, 0.717) is 18.2 Å². The van der Waals surface area contributed by atoms with E-state index in [-0.39, 0.29) is 18.1 Å². The highest BCUT2D eigenvalue weighted by Crippen LogP contribution is 2.27. The number of nitrogens with one attached hydrogen (secondary N) is 1. The van der Waals surface area contributed by atoms with Crippen LogP contribution in [0.25, 0.3) is 0 Å². The van der Waals surface area contributed by atoms with Crippen LogP contribution < -0.4 is 5.32 Å². The Labute approximate surface area is 142 Å². The van der Waals surface area contributed by atoms with Gasteiger partial charge in [0.2, 0.25) is 0 Å². The predicted octanol–water partition coefficient (Wildman–Crippen LogP) is 1.93. The van der Waals surface area contributed by atoms with Gasteiger partial charge in [-0.05, 0) is 24.8 Å². The lowest BCUT2D eigenvalue weighted by Crippen LogP contribution is -2.40. The highest BCUT2D eigenvalue weighted by molar-refractivity contribution is 5.92. The van der Waals surface area contributed by atoms with Crippen LogP contribution in [0.5, 0.6) is 0 Å². The van der Waals surface area contributed by atoms with Gasteiger partial charge < -0.3 is 14.6 Å². The molecule has 1 fully saturated rings. The van der Waals surface area contributed by atoms with Gasteiger partial charge in [-0.1, -0.05) is 13.8 Å². The number of carbonyl (C=O) groups is 1. The van der Waals surface area contributed by atoms with Crippen molar-refractivity contribution in [2.75, 3.05) is 6.61 Å². The Hall–Kier alpha value is -2.15. The number of aryl methyl sites for hydroxylation is 2. The van der Waals surface area contributed by atoms with Crippen LogP contribution in [-0.4, -0.2) is 37.9 Å². The van der Waals surface area contributed by atoms with Crippen LogP contribution >= 0.6 is 0 Å². The van der Waals surface area contributed by atoms with Crippen LogP contribution in [0.15, 0.2) is 18.6 Å². The molecule has 1 N–H and O–H groups in total. The number of carbonyl (C=O) groups excluding carboxylic acids is 1. The fourth-order valence-corrected chi connectivity index (χ4v) is 3.06. The second kappa shape index (κ2) is 6.76. The van der Waals surface area contributed by atoms with Gasteiger partial charge in [0, 0.05) is 26.7 Å². The number of nitrogens with zero attached hydrogens (tertiary/aromatic N) is 4. The van der Waals surface area contributed by atoms with Crippen molar-refractivity contribution in [3.8, 4) is 0 Å². The number of rotatable bonds is 4. The molecule has 0 radical (unpaired) electrons. The summed E-state index contributed by atoms with van der Waals surface area (Å²) in [5.74, 6) is 0.225. The Morgan fingerprint density at radius 3 is 2.83 bits per heavy atom. The van der Waals surface area contributed by atoms with Crippen LogP contribution in [-0.2, 0) is 18.8 Å². The van der Waals surface area contributed by atoms with Gasteiger partial charge in [0.1, 0.15) is 11.8 Å². The fourth-order valence-electron chi connectivity index (χ4n) is 3.06. The zero-order valence-electron chi connectivity index (χ0n) is 14.7. The number of amides is 1. The number of hydrogen-bond donors (Lipinski definition) is 1. The van der Waals surface area contributed by atoms with Crippen LogP contribution in [0.1, 0.15) is 60.6 Å². The molecule has 130 valence electrons. The molecular weight excluding hydrogens is 306 g/mol. The first-order chi connectivity index (χ1) is 11.5. The summed E-state index contributed by atoms with van der Waals surface area (Å²) in [7, 11) is 3.76. The van der Waals surface area contributed by atoms with Crippen molar-refractivity contribution in [1.82, 2.24) is 24.6 Å². The molecule has 3 rings (SSSR count).